The van der Waals surface area contributed by atoms with Crippen LogP contribution in [0, 0.1) is 24.0 Å². The molecular formula is C11H10N2O3. The van der Waals surface area contributed by atoms with Gasteiger partial charge in [0.05, 0.1) is 10.1 Å². The summed E-state index contributed by atoms with van der Waals surface area (Å²) in [5.41, 5.74) is 1.55. The van der Waals surface area contributed by atoms with Crippen LogP contribution < -0.4 is 4.43 Å². The van der Waals surface area contributed by atoms with Crippen LogP contribution in [0.25, 0.3) is 11.0 Å². The third kappa shape index (κ3) is 1.29. The fourth-order valence-electron chi connectivity index (χ4n) is 1.60. The molecule has 0 radical (unpaired) electrons. The predicted octanol–water partition coefficient (Wildman–Crippen LogP) is 1.33. The Morgan fingerprint density at radius 2 is 2.06 bits per heavy atom. The SMILES string of the molecule is Cc1c(C)[n+](=O)c2ccc(C=O)cc2n1[O-]. The Bertz CT molecular complexity index is 644. The van der Waals surface area contributed by atoms with E-state index in [0.717, 1.165) is 0 Å². The Kier molecular flexibility index (Phi) is 2.23. The molecule has 0 atom stereocenters. The lowest BCUT2D eigenvalue weighted by molar-refractivity contribution is -0.473. The fraction of sp³-hybridized carbons (Fsp3) is 0.182. The lowest BCUT2D eigenvalue weighted by Crippen LogP contribution is -2.24. The van der Waals surface area contributed by atoms with Crippen LogP contribution in [-0.4, -0.2) is 11.0 Å². The van der Waals surface area contributed by atoms with E-state index in [1.807, 2.05) is 0 Å². The molecule has 2 aromatic rings. The number of hydrogen-bond donors (Lipinski definition) is 0. The minimum absolute atomic E-state index is 0.211. The minimum Gasteiger partial charge on any atom is -0.805 e. The van der Waals surface area contributed by atoms with E-state index >= 15 is 0 Å². The molecule has 0 aliphatic carbocycles. The van der Waals surface area contributed by atoms with Gasteiger partial charge in [-0.25, -0.2) is 0 Å². The number of rotatable bonds is 1. The number of benzene rings is 1. The second kappa shape index (κ2) is 3.44. The van der Waals surface area contributed by atoms with Crippen molar-refractivity contribution in [3.8, 4) is 0 Å². The van der Waals surface area contributed by atoms with Crippen molar-refractivity contribution in [2.45, 2.75) is 13.8 Å². The van der Waals surface area contributed by atoms with Crippen molar-refractivity contribution >= 4 is 17.3 Å². The Balaban J connectivity index is 3.02. The molecule has 82 valence electrons. The molecule has 0 spiro atoms. The Hall–Kier alpha value is -2.17. The van der Waals surface area contributed by atoms with Crippen molar-refractivity contribution in [2.24, 2.45) is 0 Å². The molecule has 2 rings (SSSR count). The first kappa shape index (κ1) is 10.4. The molecular weight excluding hydrogens is 208 g/mol. The smallest absolute Gasteiger partial charge is 0.286 e. The van der Waals surface area contributed by atoms with E-state index in [1.165, 1.54) is 18.2 Å². The van der Waals surface area contributed by atoms with Gasteiger partial charge in [0.1, 0.15) is 11.8 Å². The van der Waals surface area contributed by atoms with Crippen molar-refractivity contribution < 1.29 is 9.22 Å². The summed E-state index contributed by atoms with van der Waals surface area (Å²) in [6.07, 6.45) is 0.643. The van der Waals surface area contributed by atoms with E-state index in [1.54, 1.807) is 13.8 Å². The summed E-state index contributed by atoms with van der Waals surface area (Å²) in [7, 11) is 0. The average Bonchev–Trinajstić information content (AvgIpc) is 2.33. The summed E-state index contributed by atoms with van der Waals surface area (Å²) in [5.74, 6) is 0. The lowest BCUT2D eigenvalue weighted by atomic mass is 10.2. The van der Waals surface area contributed by atoms with E-state index in [0.29, 0.717) is 32.4 Å². The molecule has 1 heterocycles. The van der Waals surface area contributed by atoms with Gasteiger partial charge in [0.15, 0.2) is 0 Å². The number of carbonyl (C=O) groups excluding carboxylic acids is 1. The van der Waals surface area contributed by atoms with Gasteiger partial charge in [-0.15, -0.1) is 0 Å². The summed E-state index contributed by atoms with van der Waals surface area (Å²) < 4.78 is 1.37. The number of aldehydes is 1. The molecule has 1 aromatic heterocycles. The zero-order valence-electron chi connectivity index (χ0n) is 8.93. The molecule has 0 saturated carbocycles. The predicted molar refractivity (Wildman–Crippen MR) is 58.9 cm³/mol. The maximum Gasteiger partial charge on any atom is 0.286 e. The highest BCUT2D eigenvalue weighted by Gasteiger charge is 2.15. The number of hydrogen-bond acceptors (Lipinski definition) is 3. The van der Waals surface area contributed by atoms with Gasteiger partial charge in [-0.05, 0) is 19.1 Å². The summed E-state index contributed by atoms with van der Waals surface area (Å²) in [4.78, 5) is 22.4. The molecule has 16 heavy (non-hydrogen) atoms. The van der Waals surface area contributed by atoms with Crippen LogP contribution in [0.3, 0.4) is 0 Å². The summed E-state index contributed by atoms with van der Waals surface area (Å²) in [6.45, 7) is 3.16. The molecule has 0 N–H and O–H groups in total. The van der Waals surface area contributed by atoms with Crippen molar-refractivity contribution in [1.82, 2.24) is 4.73 Å². The van der Waals surface area contributed by atoms with Gasteiger partial charge in [-0.1, -0.05) is 0 Å². The first-order valence-electron chi connectivity index (χ1n) is 4.77. The van der Waals surface area contributed by atoms with Gasteiger partial charge >= 0.3 is 0 Å². The molecule has 0 amide bonds. The van der Waals surface area contributed by atoms with Crippen LogP contribution in [0.15, 0.2) is 18.2 Å². The fourth-order valence-corrected chi connectivity index (χ4v) is 1.60. The quantitative estimate of drug-likeness (QED) is 0.535. The lowest BCUT2D eigenvalue weighted by Gasteiger charge is -2.15. The van der Waals surface area contributed by atoms with E-state index in [2.05, 4.69) is 0 Å². The van der Waals surface area contributed by atoms with E-state index in [9.17, 15) is 14.9 Å². The molecule has 0 bridgehead atoms. The standard InChI is InChI=1S/C11H10N2O3/c1-7-8(2)13(16)11-5-9(6-14)3-4-10(11)12(7)15/h3-6H,1-2H3. The number of nitrogens with zero attached hydrogens (tertiary/aromatic N) is 2. The third-order valence-corrected chi connectivity index (χ3v) is 2.71. The van der Waals surface area contributed by atoms with Crippen molar-refractivity contribution in [3.63, 3.8) is 0 Å². The van der Waals surface area contributed by atoms with Crippen LogP contribution in [0.2, 0.25) is 0 Å². The van der Waals surface area contributed by atoms with Crippen LogP contribution in [0.4, 0.5) is 0 Å². The third-order valence-electron chi connectivity index (χ3n) is 2.71. The van der Waals surface area contributed by atoms with E-state index in [-0.39, 0.29) is 11.0 Å². The molecule has 0 fully saturated rings. The second-order valence-electron chi connectivity index (χ2n) is 3.63. The van der Waals surface area contributed by atoms with Gasteiger partial charge in [0.2, 0.25) is 0 Å². The minimum atomic E-state index is 0.211. The molecule has 0 aliphatic rings. The normalized spacial score (nSPS) is 10.6. The Morgan fingerprint density at radius 3 is 2.69 bits per heavy atom. The highest BCUT2D eigenvalue weighted by atomic mass is 16.5. The summed E-state index contributed by atoms with van der Waals surface area (Å²) in [5, 5.41) is 11.8. The average molecular weight is 218 g/mol. The second-order valence-corrected chi connectivity index (χ2v) is 3.63. The number of fused-ring (bicyclic) bond motifs is 1. The van der Waals surface area contributed by atoms with Gasteiger partial charge in [-0.3, -0.25) is 4.79 Å². The van der Waals surface area contributed by atoms with E-state index in [4.69, 9.17) is 0 Å². The van der Waals surface area contributed by atoms with Gasteiger partial charge in [0, 0.05) is 23.5 Å². The van der Waals surface area contributed by atoms with Crippen molar-refractivity contribution in [2.75, 3.05) is 0 Å². The zero-order chi connectivity index (χ0) is 11.9. The summed E-state index contributed by atoms with van der Waals surface area (Å²) >= 11 is 0. The van der Waals surface area contributed by atoms with Crippen molar-refractivity contribution in [1.29, 1.82) is 0 Å². The molecule has 5 nitrogen and oxygen atoms in total. The van der Waals surface area contributed by atoms with Gasteiger partial charge in [-0.2, -0.15) is 0 Å². The van der Waals surface area contributed by atoms with Crippen molar-refractivity contribution in [3.05, 3.63) is 45.3 Å². The summed E-state index contributed by atoms with van der Waals surface area (Å²) in [6, 6.07) is 4.40. The first-order valence-corrected chi connectivity index (χ1v) is 4.77. The largest absolute Gasteiger partial charge is 0.805 e. The van der Waals surface area contributed by atoms with Crippen LogP contribution in [0.1, 0.15) is 21.7 Å². The molecule has 0 aliphatic heterocycles. The maximum absolute atomic E-state index is 11.8. The maximum atomic E-state index is 11.8. The van der Waals surface area contributed by atoms with Crippen LogP contribution in [-0.2, 0) is 0 Å². The first-order chi connectivity index (χ1) is 7.56. The molecule has 0 saturated heterocycles. The van der Waals surface area contributed by atoms with E-state index < -0.39 is 0 Å². The van der Waals surface area contributed by atoms with Gasteiger partial charge < -0.3 is 9.94 Å². The highest BCUT2D eigenvalue weighted by Crippen LogP contribution is 2.14. The van der Waals surface area contributed by atoms with Crippen LogP contribution in [0.5, 0.6) is 0 Å². The molecule has 5 heteroatoms. The number of aromatic nitrogens is 2. The zero-order valence-corrected chi connectivity index (χ0v) is 8.93. The van der Waals surface area contributed by atoms with Gasteiger partial charge in [0.25, 0.3) is 11.2 Å². The monoisotopic (exact) mass is 218 g/mol. The molecule has 1 aromatic carbocycles. The van der Waals surface area contributed by atoms with Crippen LogP contribution >= 0.6 is 0 Å². The molecule has 0 unspecified atom stereocenters. The number of carbonyl (C=O) groups is 1. The Morgan fingerprint density at radius 1 is 1.38 bits per heavy atom. The topological polar surface area (TPSA) is 68.0 Å². The highest BCUT2D eigenvalue weighted by molar-refractivity contribution is 5.83. The Labute approximate surface area is 91.1 Å².